The Morgan fingerprint density at radius 1 is 1.14 bits per heavy atom. The van der Waals surface area contributed by atoms with E-state index in [1.807, 2.05) is 46.8 Å². The van der Waals surface area contributed by atoms with Crippen LogP contribution >= 0.6 is 0 Å². The van der Waals surface area contributed by atoms with Crippen LogP contribution in [0.25, 0.3) is 22.0 Å². The van der Waals surface area contributed by atoms with Crippen LogP contribution in [-0.4, -0.2) is 44.8 Å². The molecule has 1 aromatic carbocycles. The molecule has 3 N–H and O–H groups in total. The fourth-order valence-corrected chi connectivity index (χ4v) is 5.15. The van der Waals surface area contributed by atoms with E-state index in [2.05, 4.69) is 23.7 Å². The number of piperidine rings is 1. The average Bonchev–Trinajstić information content (AvgIpc) is 2.77. The summed E-state index contributed by atoms with van der Waals surface area (Å²) in [5.74, 6) is -1.18. The van der Waals surface area contributed by atoms with Crippen molar-refractivity contribution in [2.75, 3.05) is 18.0 Å². The van der Waals surface area contributed by atoms with E-state index in [0.29, 0.717) is 22.2 Å². The first-order chi connectivity index (χ1) is 17.2. The number of pyridine rings is 2. The molecular formula is C29H37N3O5. The van der Waals surface area contributed by atoms with Crippen LogP contribution in [0.5, 0.6) is 5.75 Å². The van der Waals surface area contributed by atoms with Crippen LogP contribution in [0, 0.1) is 19.3 Å². The number of nitrogens with zero attached hydrogens (tertiary/aromatic N) is 2. The number of aromatic amines is 1. The highest BCUT2D eigenvalue weighted by Crippen LogP contribution is 2.45. The maximum Gasteiger partial charge on any atom is 0.337 e. The topological polar surface area (TPSA) is 116 Å². The Labute approximate surface area is 217 Å². The van der Waals surface area contributed by atoms with E-state index in [-0.39, 0.29) is 16.7 Å². The van der Waals surface area contributed by atoms with Gasteiger partial charge in [0.2, 0.25) is 0 Å². The standard InChI is InChI=1S/C29H37N3O5/c1-16-23(18-8-9-20-19(14-18)21(33)15-22(34)31-20)25(32-12-10-29(6,7)11-13-32)24(17(2)30-16)26(27(35)36)37-28(3,4)5/h8-9,14-15,26H,10-13H2,1-7H3,(H,35,36)(H2,31,33,34). The van der Waals surface area contributed by atoms with Gasteiger partial charge in [-0.2, -0.15) is 0 Å². The molecule has 1 aliphatic rings. The first-order valence-corrected chi connectivity index (χ1v) is 12.7. The van der Waals surface area contributed by atoms with Crippen molar-refractivity contribution < 1.29 is 19.7 Å². The van der Waals surface area contributed by atoms with Gasteiger partial charge in [0.1, 0.15) is 5.75 Å². The molecule has 8 heteroatoms. The quantitative estimate of drug-likeness (QED) is 0.419. The smallest absolute Gasteiger partial charge is 0.337 e. The van der Waals surface area contributed by atoms with E-state index in [9.17, 15) is 19.8 Å². The molecule has 0 radical (unpaired) electrons. The Bertz CT molecular complexity index is 1410. The maximum absolute atomic E-state index is 12.6. The van der Waals surface area contributed by atoms with Crippen LogP contribution < -0.4 is 10.5 Å². The molecule has 3 aromatic rings. The molecule has 2 aromatic heterocycles. The fraction of sp³-hybridized carbons (Fsp3) is 0.483. The van der Waals surface area contributed by atoms with Crippen molar-refractivity contribution in [3.63, 3.8) is 0 Å². The van der Waals surface area contributed by atoms with Gasteiger partial charge in [0.25, 0.3) is 5.56 Å². The van der Waals surface area contributed by atoms with Crippen LogP contribution in [0.3, 0.4) is 0 Å². The molecule has 37 heavy (non-hydrogen) atoms. The number of benzene rings is 1. The number of rotatable bonds is 5. The number of carbonyl (C=O) groups is 1. The van der Waals surface area contributed by atoms with Crippen molar-refractivity contribution >= 4 is 22.6 Å². The molecule has 0 aliphatic carbocycles. The highest BCUT2D eigenvalue weighted by Gasteiger charge is 2.36. The molecule has 1 atom stereocenters. The van der Waals surface area contributed by atoms with Gasteiger partial charge in [-0.05, 0) is 70.6 Å². The summed E-state index contributed by atoms with van der Waals surface area (Å²) in [5, 5.41) is 21.3. The molecule has 198 valence electrons. The molecular weight excluding hydrogens is 470 g/mol. The zero-order valence-electron chi connectivity index (χ0n) is 22.7. The number of hydrogen-bond donors (Lipinski definition) is 3. The van der Waals surface area contributed by atoms with Crippen LogP contribution in [0.15, 0.2) is 29.1 Å². The third kappa shape index (κ3) is 5.49. The van der Waals surface area contributed by atoms with Crippen molar-refractivity contribution in [2.45, 2.75) is 73.0 Å². The Balaban J connectivity index is 2.02. The highest BCUT2D eigenvalue weighted by molar-refractivity contribution is 5.94. The number of carboxylic acid groups (broad SMARTS) is 1. The van der Waals surface area contributed by atoms with Crippen molar-refractivity contribution in [3.8, 4) is 16.9 Å². The summed E-state index contributed by atoms with van der Waals surface area (Å²) >= 11 is 0. The van der Waals surface area contributed by atoms with Gasteiger partial charge in [-0.25, -0.2) is 4.79 Å². The number of carboxylic acids is 1. The second kappa shape index (κ2) is 9.49. The molecule has 0 saturated carbocycles. The lowest BCUT2D eigenvalue weighted by molar-refractivity contribution is -0.160. The number of aromatic nitrogens is 2. The molecule has 1 saturated heterocycles. The molecule has 4 rings (SSSR count). The van der Waals surface area contributed by atoms with Gasteiger partial charge in [-0.1, -0.05) is 19.9 Å². The summed E-state index contributed by atoms with van der Waals surface area (Å²) in [6, 6.07) is 6.61. The van der Waals surface area contributed by atoms with Crippen LogP contribution in [0.4, 0.5) is 5.69 Å². The summed E-state index contributed by atoms with van der Waals surface area (Å²) in [6.45, 7) is 15.3. The zero-order chi connectivity index (χ0) is 27.3. The second-order valence-electron chi connectivity index (χ2n) is 11.8. The van der Waals surface area contributed by atoms with Gasteiger partial charge in [0.15, 0.2) is 6.10 Å². The molecule has 0 bridgehead atoms. The Hall–Kier alpha value is -3.39. The number of nitrogens with one attached hydrogen (secondary N) is 1. The molecule has 0 spiro atoms. The summed E-state index contributed by atoms with van der Waals surface area (Å²) in [7, 11) is 0. The predicted octanol–water partition coefficient (Wildman–Crippen LogP) is 5.48. The first-order valence-electron chi connectivity index (χ1n) is 12.7. The monoisotopic (exact) mass is 507 g/mol. The lowest BCUT2D eigenvalue weighted by atomic mass is 9.81. The van der Waals surface area contributed by atoms with Gasteiger partial charge >= 0.3 is 5.97 Å². The number of fused-ring (bicyclic) bond motifs is 1. The van der Waals surface area contributed by atoms with Gasteiger partial charge in [0, 0.05) is 47.1 Å². The number of aliphatic carboxylic acids is 1. The van der Waals surface area contributed by atoms with Gasteiger partial charge in [0.05, 0.1) is 16.8 Å². The maximum atomic E-state index is 12.6. The normalized spacial score (nSPS) is 16.7. The lowest BCUT2D eigenvalue weighted by Crippen LogP contribution is -2.39. The van der Waals surface area contributed by atoms with E-state index >= 15 is 0 Å². The van der Waals surface area contributed by atoms with Crippen LogP contribution in [0.2, 0.25) is 0 Å². The van der Waals surface area contributed by atoms with Crippen LogP contribution in [0.1, 0.15) is 70.5 Å². The average molecular weight is 508 g/mol. The summed E-state index contributed by atoms with van der Waals surface area (Å²) in [5.41, 5.74) is 3.95. The second-order valence-corrected chi connectivity index (χ2v) is 11.8. The molecule has 8 nitrogen and oxygen atoms in total. The minimum absolute atomic E-state index is 0.112. The molecule has 0 amide bonds. The van der Waals surface area contributed by atoms with Gasteiger partial charge in [-0.3, -0.25) is 9.78 Å². The third-order valence-electron chi connectivity index (χ3n) is 7.08. The van der Waals surface area contributed by atoms with Crippen molar-refractivity contribution in [1.29, 1.82) is 0 Å². The summed E-state index contributed by atoms with van der Waals surface area (Å²) in [4.78, 5) is 34.3. The fourth-order valence-electron chi connectivity index (χ4n) is 5.15. The minimum atomic E-state index is -1.21. The number of ether oxygens (including phenoxy) is 1. The lowest BCUT2D eigenvalue weighted by Gasteiger charge is -2.41. The molecule has 3 heterocycles. The minimum Gasteiger partial charge on any atom is -0.507 e. The first kappa shape index (κ1) is 26.7. The Morgan fingerprint density at radius 2 is 1.78 bits per heavy atom. The highest BCUT2D eigenvalue weighted by atomic mass is 16.5. The SMILES string of the molecule is Cc1nc(C)c(C(OC(C)(C)C)C(=O)O)c(N2CCC(C)(C)CC2)c1-c1ccc2[nH]c(=O)cc(O)c2c1. The number of hydrogen-bond acceptors (Lipinski definition) is 6. The summed E-state index contributed by atoms with van der Waals surface area (Å²) in [6.07, 6.45) is 0.718. The van der Waals surface area contributed by atoms with Crippen molar-refractivity contribution in [1.82, 2.24) is 9.97 Å². The third-order valence-corrected chi connectivity index (χ3v) is 7.08. The molecule has 1 aliphatic heterocycles. The van der Waals surface area contributed by atoms with Gasteiger partial charge in [-0.15, -0.1) is 0 Å². The van der Waals surface area contributed by atoms with E-state index in [0.717, 1.165) is 54.5 Å². The Morgan fingerprint density at radius 3 is 2.38 bits per heavy atom. The van der Waals surface area contributed by atoms with Gasteiger partial charge < -0.3 is 24.8 Å². The number of aryl methyl sites for hydroxylation is 2. The number of anilines is 1. The number of H-pyrrole nitrogens is 1. The summed E-state index contributed by atoms with van der Waals surface area (Å²) < 4.78 is 6.13. The van der Waals surface area contributed by atoms with Crippen LogP contribution in [-0.2, 0) is 9.53 Å². The van der Waals surface area contributed by atoms with Crippen molar-refractivity contribution in [3.05, 3.63) is 51.6 Å². The number of aromatic hydroxyl groups is 1. The van der Waals surface area contributed by atoms with E-state index < -0.39 is 17.7 Å². The van der Waals surface area contributed by atoms with Crippen molar-refractivity contribution in [2.24, 2.45) is 5.41 Å². The van der Waals surface area contributed by atoms with E-state index in [1.54, 1.807) is 6.07 Å². The predicted molar refractivity (Wildman–Crippen MR) is 145 cm³/mol. The zero-order valence-corrected chi connectivity index (χ0v) is 22.7. The molecule has 1 fully saturated rings. The van der Waals surface area contributed by atoms with E-state index in [1.165, 1.54) is 0 Å². The Kier molecular flexibility index (Phi) is 6.84. The van der Waals surface area contributed by atoms with E-state index in [4.69, 9.17) is 9.72 Å². The largest absolute Gasteiger partial charge is 0.507 e. The molecule has 1 unspecified atom stereocenters.